The molecule has 110 valence electrons. The van der Waals surface area contributed by atoms with Gasteiger partial charge in [0.1, 0.15) is 0 Å². The first-order valence-corrected chi connectivity index (χ1v) is 12.4. The van der Waals surface area contributed by atoms with Crippen LogP contribution in [0.25, 0.3) is 0 Å². The molecule has 3 heteroatoms. The fraction of sp³-hybridized carbons (Fsp3) is 0.667. The molecule has 0 bridgehead atoms. The molecule has 0 saturated heterocycles. The molecule has 1 aromatic rings. The fourth-order valence-corrected chi connectivity index (χ4v) is 8.55. The summed E-state index contributed by atoms with van der Waals surface area (Å²) in [7, 11) is 0. The number of aliphatic hydroxyl groups is 1. The van der Waals surface area contributed by atoms with Crippen molar-refractivity contribution >= 4 is 3.07 Å². The van der Waals surface area contributed by atoms with Crippen LogP contribution in [0.3, 0.4) is 0 Å². The van der Waals surface area contributed by atoms with Crippen LogP contribution in [-0.4, -0.2) is 16.3 Å². The molecule has 1 aromatic carbocycles. The zero-order chi connectivity index (χ0) is 14.8. The summed E-state index contributed by atoms with van der Waals surface area (Å²) in [4.78, 5) is 0. The van der Waals surface area contributed by atoms with Crippen LogP contribution in [0.1, 0.15) is 56.1 Å². The first-order chi connectivity index (χ1) is 10.0. The van der Waals surface area contributed by atoms with E-state index in [1.165, 1.54) is 34.3 Å². The van der Waals surface area contributed by atoms with Crippen LogP contribution >= 0.6 is 0 Å². The Morgan fingerprint density at radius 1 is 1.19 bits per heavy atom. The molecule has 2 saturated carbocycles. The average Bonchev–Trinajstić information content (AvgIpc) is 2.78. The standard InChI is InChI=1S/C18H23O2.Hg.H/c1-18-9-8-14-13-5-3-12(19)10-11(13)2-4-15(14)16(18)6-7-17(18)20;;/h3,5,14-17,19-20H,2,4,6-9H2,1H3;;/t14?,15?,16?,17-,18-;;/m0../s1. The second-order valence-electron chi connectivity index (χ2n) is 7.83. The average molecular weight is 473 g/mol. The van der Waals surface area contributed by atoms with Crippen LogP contribution < -0.4 is 3.07 Å². The van der Waals surface area contributed by atoms with Crippen LogP contribution in [0.15, 0.2) is 12.1 Å². The number of phenols is 1. The molecule has 3 unspecified atom stereocenters. The van der Waals surface area contributed by atoms with E-state index in [0.717, 1.165) is 18.8 Å². The maximum absolute atomic E-state index is 10.4. The van der Waals surface area contributed by atoms with Gasteiger partial charge in [-0.1, -0.05) is 0 Å². The van der Waals surface area contributed by atoms with Crippen molar-refractivity contribution in [2.24, 2.45) is 17.3 Å². The summed E-state index contributed by atoms with van der Waals surface area (Å²) in [6, 6.07) is 4.14. The van der Waals surface area contributed by atoms with Gasteiger partial charge in [0.2, 0.25) is 0 Å². The predicted molar refractivity (Wildman–Crippen MR) is 79.8 cm³/mol. The van der Waals surface area contributed by atoms with Gasteiger partial charge in [-0.05, 0) is 0 Å². The minimum absolute atomic E-state index is 0.0803. The second kappa shape index (κ2) is 4.96. The van der Waals surface area contributed by atoms with E-state index in [2.05, 4.69) is 13.0 Å². The molecule has 21 heavy (non-hydrogen) atoms. The van der Waals surface area contributed by atoms with E-state index in [1.54, 1.807) is 5.56 Å². The molecule has 0 amide bonds. The summed E-state index contributed by atoms with van der Waals surface area (Å²) in [5.74, 6) is 2.70. The summed E-state index contributed by atoms with van der Waals surface area (Å²) >= 11 is 0.264. The molecule has 2 nitrogen and oxygen atoms in total. The third-order valence-electron chi connectivity index (χ3n) is 7.12. The van der Waals surface area contributed by atoms with E-state index in [-0.39, 0.29) is 37.6 Å². The van der Waals surface area contributed by atoms with Gasteiger partial charge in [0.25, 0.3) is 0 Å². The molecule has 3 aliphatic carbocycles. The maximum atomic E-state index is 10.4. The molecule has 4 rings (SSSR count). The number of phenolic OH excluding ortho intramolecular Hbond substituents is 1. The molecule has 0 heterocycles. The minimum atomic E-state index is -0.0803. The SMILES string of the molecule is C[C@]12CCC3c4ccc(O)[c]([HgH])c4CCC3C1CC[C@@H]2O. The predicted octanol–water partition coefficient (Wildman–Crippen LogP) is 2.51. The summed E-state index contributed by atoms with van der Waals surface area (Å²) in [5.41, 5.74) is 3.22. The van der Waals surface area contributed by atoms with Crippen LogP contribution in [0.2, 0.25) is 0 Å². The van der Waals surface area contributed by atoms with E-state index in [4.69, 9.17) is 0 Å². The van der Waals surface area contributed by atoms with E-state index in [9.17, 15) is 10.2 Å². The molecule has 0 aliphatic heterocycles. The molecule has 3 aliphatic rings. The topological polar surface area (TPSA) is 40.5 Å². The van der Waals surface area contributed by atoms with Crippen molar-refractivity contribution < 1.29 is 36.3 Å². The Morgan fingerprint density at radius 2 is 2.00 bits per heavy atom. The Balaban J connectivity index is 1.74. The molecule has 2 N–H and O–H groups in total. The Hall–Kier alpha value is -0.0849. The van der Waals surface area contributed by atoms with Crippen molar-refractivity contribution in [3.63, 3.8) is 0 Å². The fourth-order valence-electron chi connectivity index (χ4n) is 5.80. The van der Waals surface area contributed by atoms with Crippen LogP contribution in [0, 0.1) is 17.3 Å². The van der Waals surface area contributed by atoms with Crippen molar-refractivity contribution in [3.8, 4) is 5.75 Å². The van der Waals surface area contributed by atoms with E-state index in [1.807, 2.05) is 6.07 Å². The van der Waals surface area contributed by atoms with E-state index < -0.39 is 0 Å². The van der Waals surface area contributed by atoms with Gasteiger partial charge in [-0.25, -0.2) is 0 Å². The molecule has 0 radical (unpaired) electrons. The van der Waals surface area contributed by atoms with Crippen LogP contribution in [-0.2, 0) is 32.5 Å². The number of aliphatic hydroxyl groups excluding tert-OH is 1. The molecule has 0 aromatic heterocycles. The molecule has 0 spiro atoms. The van der Waals surface area contributed by atoms with Gasteiger partial charge in [0, 0.05) is 0 Å². The zero-order valence-electron chi connectivity index (χ0n) is 13.1. The molecule has 5 atom stereocenters. The third kappa shape index (κ3) is 1.97. The summed E-state index contributed by atoms with van der Waals surface area (Å²) in [5, 5.41) is 20.4. The monoisotopic (exact) mass is 474 g/mol. The number of hydrogen-bond acceptors (Lipinski definition) is 2. The molecular formula is C18H24HgO2. The summed E-state index contributed by atoms with van der Waals surface area (Å²) in [6.07, 6.45) is 6.95. The first-order valence-electron chi connectivity index (χ1n) is 8.52. The van der Waals surface area contributed by atoms with Crippen molar-refractivity contribution in [3.05, 3.63) is 23.3 Å². The van der Waals surface area contributed by atoms with Gasteiger partial charge in [-0.3, -0.25) is 0 Å². The third-order valence-corrected chi connectivity index (χ3v) is 11.5. The number of fused-ring (bicyclic) bond motifs is 5. The van der Waals surface area contributed by atoms with Crippen molar-refractivity contribution in [1.29, 1.82) is 0 Å². The Kier molecular flexibility index (Phi) is 3.42. The number of rotatable bonds is 0. The Bertz CT molecular complexity index is 585. The van der Waals surface area contributed by atoms with Crippen molar-refractivity contribution in [2.45, 2.75) is 57.5 Å². The summed E-state index contributed by atoms with van der Waals surface area (Å²) in [6.45, 7) is 2.33. The number of hydrogen-bond donors (Lipinski definition) is 2. The number of benzene rings is 1. The van der Waals surface area contributed by atoms with Crippen LogP contribution in [0.5, 0.6) is 5.75 Å². The second-order valence-corrected chi connectivity index (χ2v) is 11.7. The van der Waals surface area contributed by atoms with Crippen molar-refractivity contribution in [1.82, 2.24) is 0 Å². The normalized spacial score (nSPS) is 41.2. The van der Waals surface area contributed by atoms with Gasteiger partial charge >= 0.3 is 143 Å². The Morgan fingerprint density at radius 3 is 2.81 bits per heavy atom. The van der Waals surface area contributed by atoms with Gasteiger partial charge in [-0.2, -0.15) is 0 Å². The van der Waals surface area contributed by atoms with Gasteiger partial charge in [0.05, 0.1) is 0 Å². The number of aromatic hydroxyl groups is 1. The summed E-state index contributed by atoms with van der Waals surface area (Å²) < 4.78 is 1.31. The quantitative estimate of drug-likeness (QED) is 0.570. The van der Waals surface area contributed by atoms with Gasteiger partial charge in [-0.15, -0.1) is 0 Å². The van der Waals surface area contributed by atoms with E-state index >= 15 is 0 Å². The Labute approximate surface area is 142 Å². The van der Waals surface area contributed by atoms with E-state index in [0.29, 0.717) is 17.6 Å². The van der Waals surface area contributed by atoms with Gasteiger partial charge in [0.15, 0.2) is 0 Å². The molecular weight excluding hydrogens is 449 g/mol. The van der Waals surface area contributed by atoms with Crippen molar-refractivity contribution in [2.75, 3.05) is 0 Å². The zero-order valence-corrected chi connectivity index (χ0v) is 20.9. The first kappa shape index (κ1) is 14.5. The molecule has 2 fully saturated rings. The van der Waals surface area contributed by atoms with Gasteiger partial charge < -0.3 is 0 Å². The van der Waals surface area contributed by atoms with Crippen LogP contribution in [0.4, 0.5) is 0 Å².